The molecule has 0 radical (unpaired) electrons. The summed E-state index contributed by atoms with van der Waals surface area (Å²) < 4.78 is 16.6. The van der Waals surface area contributed by atoms with Crippen molar-refractivity contribution in [3.63, 3.8) is 0 Å². The molecular weight excluding hydrogens is 406 g/mol. The van der Waals surface area contributed by atoms with E-state index in [1.165, 1.54) is 18.2 Å². The van der Waals surface area contributed by atoms with Crippen molar-refractivity contribution >= 4 is 39.4 Å². The maximum absolute atomic E-state index is 12.2. The molecule has 0 unspecified atom stereocenters. The second-order valence-corrected chi connectivity index (χ2v) is 6.44. The third-order valence-electron chi connectivity index (χ3n) is 3.88. The topological polar surface area (TPSA) is 87.9 Å². The van der Waals surface area contributed by atoms with E-state index in [4.69, 9.17) is 14.2 Å². The smallest absolute Gasteiger partial charge is 0.343 e. The Bertz CT molecular complexity index is 993. The molecule has 26 heavy (non-hydrogen) atoms. The summed E-state index contributed by atoms with van der Waals surface area (Å²) in [4.78, 5) is 23.0. The molecule has 0 spiro atoms. The highest BCUT2D eigenvalue weighted by atomic mass is 79.9. The lowest BCUT2D eigenvalue weighted by Crippen LogP contribution is -1.98. The standard InChI is InChI=1S/C18H10BrNO6/c19-13-3-1-10(2-4-13)15-7-12(18(21)26-15)5-11-6-16-17(25-9-24-16)8-14(11)20(22)23/h1-8H,9H2. The van der Waals surface area contributed by atoms with Gasteiger partial charge in [-0.2, -0.15) is 0 Å². The van der Waals surface area contributed by atoms with Gasteiger partial charge in [0, 0.05) is 10.0 Å². The van der Waals surface area contributed by atoms with Crippen LogP contribution in [0, 0.1) is 10.1 Å². The van der Waals surface area contributed by atoms with Crippen LogP contribution in [0.1, 0.15) is 11.1 Å². The predicted octanol–water partition coefficient (Wildman–Crippen LogP) is 4.07. The van der Waals surface area contributed by atoms with Crippen molar-refractivity contribution in [3.8, 4) is 11.5 Å². The van der Waals surface area contributed by atoms with Crippen molar-refractivity contribution in [2.45, 2.75) is 0 Å². The van der Waals surface area contributed by atoms with E-state index in [1.807, 2.05) is 12.1 Å². The first kappa shape index (κ1) is 16.3. The molecule has 130 valence electrons. The Hall–Kier alpha value is -3.13. The molecule has 2 aromatic rings. The first-order valence-electron chi connectivity index (χ1n) is 7.51. The quantitative estimate of drug-likeness (QED) is 0.325. The Labute approximate surface area is 155 Å². The molecule has 0 saturated heterocycles. The molecule has 7 nitrogen and oxygen atoms in total. The molecule has 2 aliphatic heterocycles. The highest BCUT2D eigenvalue weighted by Gasteiger charge is 2.26. The van der Waals surface area contributed by atoms with Gasteiger partial charge in [-0.1, -0.05) is 28.1 Å². The van der Waals surface area contributed by atoms with Gasteiger partial charge in [0.25, 0.3) is 5.69 Å². The van der Waals surface area contributed by atoms with Crippen LogP contribution in [-0.2, 0) is 9.53 Å². The lowest BCUT2D eigenvalue weighted by atomic mass is 10.1. The van der Waals surface area contributed by atoms with Gasteiger partial charge in [-0.15, -0.1) is 0 Å². The van der Waals surface area contributed by atoms with Crippen LogP contribution in [0.5, 0.6) is 11.5 Å². The predicted molar refractivity (Wildman–Crippen MR) is 95.4 cm³/mol. The number of fused-ring (bicyclic) bond motifs is 1. The van der Waals surface area contributed by atoms with Crippen LogP contribution < -0.4 is 9.47 Å². The second kappa shape index (κ2) is 6.30. The van der Waals surface area contributed by atoms with Crippen LogP contribution in [0.25, 0.3) is 11.8 Å². The summed E-state index contributed by atoms with van der Waals surface area (Å²) in [6, 6.07) is 10.0. The van der Waals surface area contributed by atoms with Crippen LogP contribution in [0.3, 0.4) is 0 Å². The molecule has 2 aromatic carbocycles. The summed E-state index contributed by atoms with van der Waals surface area (Å²) in [5, 5.41) is 11.3. The van der Waals surface area contributed by atoms with E-state index in [9.17, 15) is 14.9 Å². The Morgan fingerprint density at radius 3 is 2.50 bits per heavy atom. The zero-order chi connectivity index (χ0) is 18.3. The number of carbonyl (C=O) groups is 1. The minimum Gasteiger partial charge on any atom is -0.454 e. The molecule has 0 fully saturated rings. The molecule has 8 heteroatoms. The van der Waals surface area contributed by atoms with Crippen molar-refractivity contribution in [3.05, 3.63) is 73.8 Å². The summed E-state index contributed by atoms with van der Waals surface area (Å²) in [6.45, 7) is 0.00215. The van der Waals surface area contributed by atoms with Gasteiger partial charge < -0.3 is 14.2 Å². The normalized spacial score (nSPS) is 16.6. The molecule has 0 N–H and O–H groups in total. The highest BCUT2D eigenvalue weighted by Crippen LogP contribution is 2.39. The average Bonchev–Trinajstić information content (AvgIpc) is 3.21. The van der Waals surface area contributed by atoms with Gasteiger partial charge in [-0.05, 0) is 30.4 Å². The summed E-state index contributed by atoms with van der Waals surface area (Å²) in [5.41, 5.74) is 0.995. The van der Waals surface area contributed by atoms with E-state index < -0.39 is 10.9 Å². The van der Waals surface area contributed by atoms with Crippen LogP contribution in [0.4, 0.5) is 5.69 Å². The molecule has 4 rings (SSSR count). The second-order valence-electron chi connectivity index (χ2n) is 5.53. The molecular formula is C18H10BrNO6. The number of nitro groups is 1. The lowest BCUT2D eigenvalue weighted by Gasteiger charge is -2.02. The van der Waals surface area contributed by atoms with Gasteiger partial charge in [-0.25, -0.2) is 4.79 Å². The number of carbonyl (C=O) groups excluding carboxylic acids is 1. The lowest BCUT2D eigenvalue weighted by molar-refractivity contribution is -0.385. The zero-order valence-corrected chi connectivity index (χ0v) is 14.7. The molecule has 0 atom stereocenters. The number of esters is 1. The largest absolute Gasteiger partial charge is 0.454 e. The molecule has 0 bridgehead atoms. The highest BCUT2D eigenvalue weighted by molar-refractivity contribution is 9.10. The van der Waals surface area contributed by atoms with Gasteiger partial charge in [0.2, 0.25) is 6.79 Å². The van der Waals surface area contributed by atoms with Crippen molar-refractivity contribution in [1.29, 1.82) is 0 Å². The minimum absolute atomic E-state index is 0.00215. The van der Waals surface area contributed by atoms with Crippen molar-refractivity contribution in [2.24, 2.45) is 0 Å². The first-order valence-corrected chi connectivity index (χ1v) is 8.30. The summed E-state index contributed by atoms with van der Waals surface area (Å²) in [5.74, 6) is 0.511. The number of nitro benzene ring substituents is 1. The number of nitrogens with zero attached hydrogens (tertiary/aromatic N) is 1. The van der Waals surface area contributed by atoms with E-state index >= 15 is 0 Å². The maximum Gasteiger partial charge on any atom is 0.343 e. The van der Waals surface area contributed by atoms with Gasteiger partial charge in [-0.3, -0.25) is 10.1 Å². The number of hydrogen-bond acceptors (Lipinski definition) is 6. The third-order valence-corrected chi connectivity index (χ3v) is 4.41. The Morgan fingerprint density at radius 1 is 1.12 bits per heavy atom. The third kappa shape index (κ3) is 2.95. The number of benzene rings is 2. The summed E-state index contributed by atoms with van der Waals surface area (Å²) in [7, 11) is 0. The minimum atomic E-state index is -0.574. The molecule has 0 aliphatic carbocycles. The molecule has 2 heterocycles. The number of halogens is 1. The summed E-state index contributed by atoms with van der Waals surface area (Å²) >= 11 is 3.34. The van der Waals surface area contributed by atoms with E-state index in [-0.39, 0.29) is 23.6 Å². The van der Waals surface area contributed by atoms with Crippen LogP contribution >= 0.6 is 15.9 Å². The van der Waals surface area contributed by atoms with Crippen molar-refractivity contribution in [1.82, 2.24) is 0 Å². The van der Waals surface area contributed by atoms with Crippen LogP contribution in [0.15, 0.2) is 52.5 Å². The molecule has 2 aliphatic rings. The molecule has 0 aromatic heterocycles. The Kier molecular flexibility index (Phi) is 3.96. The number of cyclic esters (lactones) is 1. The zero-order valence-electron chi connectivity index (χ0n) is 13.1. The van der Waals surface area contributed by atoms with Crippen molar-refractivity contribution in [2.75, 3.05) is 6.79 Å². The SMILES string of the molecule is O=C1OC(c2ccc(Br)cc2)=CC1=Cc1cc2c(cc1[N+](=O)[O-])OCO2. The van der Waals surface area contributed by atoms with Gasteiger partial charge >= 0.3 is 5.97 Å². The van der Waals surface area contributed by atoms with Crippen LogP contribution in [0.2, 0.25) is 0 Å². The Balaban J connectivity index is 1.75. The van der Waals surface area contributed by atoms with Crippen LogP contribution in [-0.4, -0.2) is 17.7 Å². The molecule has 0 saturated carbocycles. The maximum atomic E-state index is 12.2. The first-order chi connectivity index (χ1) is 12.5. The van der Waals surface area contributed by atoms with E-state index in [1.54, 1.807) is 18.2 Å². The fraction of sp³-hybridized carbons (Fsp3) is 0.0556. The van der Waals surface area contributed by atoms with E-state index in [2.05, 4.69) is 15.9 Å². The van der Waals surface area contributed by atoms with E-state index in [0.29, 0.717) is 17.3 Å². The van der Waals surface area contributed by atoms with Gasteiger partial charge in [0.05, 0.1) is 22.1 Å². The fourth-order valence-electron chi connectivity index (χ4n) is 2.63. The summed E-state index contributed by atoms with van der Waals surface area (Å²) in [6.07, 6.45) is 2.97. The fourth-order valence-corrected chi connectivity index (χ4v) is 2.90. The number of ether oxygens (including phenoxy) is 3. The van der Waals surface area contributed by atoms with E-state index in [0.717, 1.165) is 10.0 Å². The van der Waals surface area contributed by atoms with Gasteiger partial charge in [0.1, 0.15) is 5.76 Å². The number of rotatable bonds is 3. The monoisotopic (exact) mass is 415 g/mol. The molecule has 0 amide bonds. The Morgan fingerprint density at radius 2 is 1.81 bits per heavy atom. The average molecular weight is 416 g/mol. The van der Waals surface area contributed by atoms with Gasteiger partial charge in [0.15, 0.2) is 11.5 Å². The number of hydrogen-bond donors (Lipinski definition) is 0. The van der Waals surface area contributed by atoms with Crippen molar-refractivity contribution < 1.29 is 23.9 Å².